The van der Waals surface area contributed by atoms with Crippen LogP contribution in [0.1, 0.15) is 17.5 Å². The minimum absolute atomic E-state index is 0.0503. The van der Waals surface area contributed by atoms with Crippen molar-refractivity contribution < 1.29 is 42.4 Å². The number of aliphatic hydroxyl groups is 1. The predicted octanol–water partition coefficient (Wildman–Crippen LogP) is 1.24. The molecule has 1 fully saturated rings. The van der Waals surface area contributed by atoms with E-state index in [0.29, 0.717) is 9.87 Å². The van der Waals surface area contributed by atoms with Crippen molar-refractivity contribution in [3.63, 3.8) is 0 Å². The molecule has 1 saturated heterocycles. The van der Waals surface area contributed by atoms with Crippen LogP contribution in [0, 0.1) is 20.2 Å². The smallest absolute Gasteiger partial charge is 0.324 e. The van der Waals surface area contributed by atoms with Crippen molar-refractivity contribution in [2.75, 3.05) is 13.3 Å². The molecule has 0 amide bonds. The van der Waals surface area contributed by atoms with Crippen molar-refractivity contribution in [1.29, 1.82) is 0 Å². The molecule has 4 rings (SSSR count). The SMILES string of the molecule is O=C(OCc1cc([N+](=O)[O-])cc2c1OCOC2)[C@H]1C[C@@H](O)CN1S(=O)(=O)c1ccccc1[N+](=O)[O-]. The molecular formula is C20H19N3O11S. The number of ether oxygens (including phenoxy) is 3. The number of rotatable bonds is 7. The Morgan fingerprint density at radius 3 is 2.66 bits per heavy atom. The minimum Gasteiger partial charge on any atom is -0.467 e. The molecule has 186 valence electrons. The van der Waals surface area contributed by atoms with E-state index in [2.05, 4.69) is 0 Å². The van der Waals surface area contributed by atoms with E-state index in [4.69, 9.17) is 14.2 Å². The molecule has 15 heteroatoms. The highest BCUT2D eigenvalue weighted by molar-refractivity contribution is 7.89. The van der Waals surface area contributed by atoms with Gasteiger partial charge in [0, 0.05) is 42.3 Å². The largest absolute Gasteiger partial charge is 0.467 e. The number of sulfonamides is 1. The van der Waals surface area contributed by atoms with Gasteiger partial charge in [0.15, 0.2) is 11.7 Å². The zero-order valence-corrected chi connectivity index (χ0v) is 18.8. The Kier molecular flexibility index (Phi) is 6.66. The molecule has 0 bridgehead atoms. The number of carbonyl (C=O) groups is 1. The predicted molar refractivity (Wildman–Crippen MR) is 115 cm³/mol. The van der Waals surface area contributed by atoms with Crippen LogP contribution in [0.3, 0.4) is 0 Å². The van der Waals surface area contributed by atoms with Gasteiger partial charge in [-0.05, 0) is 6.07 Å². The second kappa shape index (κ2) is 9.53. The lowest BCUT2D eigenvalue weighted by atomic mass is 10.1. The van der Waals surface area contributed by atoms with Crippen LogP contribution in [0.25, 0.3) is 0 Å². The molecule has 1 N–H and O–H groups in total. The van der Waals surface area contributed by atoms with Crippen LogP contribution in [-0.2, 0) is 37.5 Å². The van der Waals surface area contributed by atoms with Crippen LogP contribution >= 0.6 is 0 Å². The first-order valence-corrected chi connectivity index (χ1v) is 11.6. The van der Waals surface area contributed by atoms with Crippen molar-refractivity contribution in [3.05, 3.63) is 67.8 Å². The lowest BCUT2D eigenvalue weighted by Gasteiger charge is -2.23. The standard InChI is InChI=1S/C20H19N3O11S/c24-15-7-17(21(8-15)35(30,31)18-4-2-1-3-16(18)23(28)29)20(25)33-10-13-6-14(22(26)27)5-12-9-32-11-34-19(12)13/h1-6,15,17,24H,7-11H2/t15-,17-/m1/s1. The number of β-amino-alcohol motifs (C(OH)–C–C–N with tert-alkyl or cyclic N) is 1. The molecule has 0 unspecified atom stereocenters. The number of carbonyl (C=O) groups excluding carboxylic acids is 1. The molecule has 0 aliphatic carbocycles. The Hall–Kier alpha value is -3.66. The van der Waals surface area contributed by atoms with Gasteiger partial charge in [0.1, 0.15) is 18.4 Å². The number of esters is 1. The fourth-order valence-electron chi connectivity index (χ4n) is 3.96. The average molecular weight is 509 g/mol. The molecule has 0 aromatic heterocycles. The number of non-ortho nitro benzene ring substituents is 1. The van der Waals surface area contributed by atoms with E-state index in [0.717, 1.165) is 12.1 Å². The summed E-state index contributed by atoms with van der Waals surface area (Å²) in [5.41, 5.74) is -0.393. The number of nitro benzene ring substituents is 2. The topological polar surface area (TPSA) is 189 Å². The van der Waals surface area contributed by atoms with E-state index in [1.807, 2.05) is 0 Å². The van der Waals surface area contributed by atoms with E-state index >= 15 is 0 Å². The third kappa shape index (κ3) is 4.79. The van der Waals surface area contributed by atoms with Gasteiger partial charge in [-0.3, -0.25) is 25.0 Å². The summed E-state index contributed by atoms with van der Waals surface area (Å²) in [6.07, 6.45) is -1.51. The zero-order valence-electron chi connectivity index (χ0n) is 17.9. The van der Waals surface area contributed by atoms with Crippen molar-refractivity contribution in [3.8, 4) is 5.75 Å². The maximum absolute atomic E-state index is 13.2. The maximum atomic E-state index is 13.2. The van der Waals surface area contributed by atoms with Gasteiger partial charge < -0.3 is 19.3 Å². The molecule has 35 heavy (non-hydrogen) atoms. The lowest BCUT2D eigenvalue weighted by Crippen LogP contribution is -2.41. The molecule has 2 aliphatic rings. The summed E-state index contributed by atoms with van der Waals surface area (Å²) < 4.78 is 42.8. The highest BCUT2D eigenvalue weighted by Crippen LogP contribution is 2.35. The number of aliphatic hydroxyl groups excluding tert-OH is 1. The van der Waals surface area contributed by atoms with Crippen LogP contribution < -0.4 is 4.74 Å². The highest BCUT2D eigenvalue weighted by atomic mass is 32.2. The summed E-state index contributed by atoms with van der Waals surface area (Å²) in [6, 6.07) is 5.63. The second-order valence-corrected chi connectivity index (χ2v) is 9.63. The molecule has 2 aliphatic heterocycles. The quantitative estimate of drug-likeness (QED) is 0.321. The number of benzene rings is 2. The first-order chi connectivity index (χ1) is 16.6. The molecule has 14 nitrogen and oxygen atoms in total. The summed E-state index contributed by atoms with van der Waals surface area (Å²) in [6.45, 7) is -1.01. The van der Waals surface area contributed by atoms with Crippen molar-refractivity contribution in [2.45, 2.75) is 36.7 Å². The van der Waals surface area contributed by atoms with E-state index in [9.17, 15) is 38.5 Å². The third-order valence-corrected chi connectivity index (χ3v) is 7.43. The lowest BCUT2D eigenvalue weighted by molar-refractivity contribution is -0.387. The van der Waals surface area contributed by atoms with E-state index in [1.165, 1.54) is 24.3 Å². The number of para-hydroxylation sites is 1. The molecule has 2 atom stereocenters. The van der Waals surface area contributed by atoms with Gasteiger partial charge in [0.25, 0.3) is 21.4 Å². The number of nitro groups is 2. The molecule has 2 aromatic carbocycles. The van der Waals surface area contributed by atoms with Crippen LogP contribution in [0.2, 0.25) is 0 Å². The zero-order chi connectivity index (χ0) is 25.3. The first kappa shape index (κ1) is 24.5. The number of hydrogen-bond acceptors (Lipinski definition) is 11. The van der Waals surface area contributed by atoms with Gasteiger partial charge in [-0.2, -0.15) is 4.31 Å². The third-order valence-electron chi connectivity index (χ3n) is 5.51. The Labute approximate surface area is 198 Å². The monoisotopic (exact) mass is 509 g/mol. The molecule has 2 heterocycles. The average Bonchev–Trinajstić information content (AvgIpc) is 3.24. The first-order valence-electron chi connectivity index (χ1n) is 10.2. The summed E-state index contributed by atoms with van der Waals surface area (Å²) in [7, 11) is -4.56. The second-order valence-electron chi connectivity index (χ2n) is 7.77. The van der Waals surface area contributed by atoms with Gasteiger partial charge in [-0.15, -0.1) is 0 Å². The van der Waals surface area contributed by atoms with E-state index in [1.54, 1.807) is 0 Å². The molecule has 0 radical (unpaired) electrons. The molecular weight excluding hydrogens is 490 g/mol. The molecule has 2 aromatic rings. The van der Waals surface area contributed by atoms with Gasteiger partial charge >= 0.3 is 5.97 Å². The van der Waals surface area contributed by atoms with E-state index in [-0.39, 0.29) is 36.8 Å². The summed E-state index contributed by atoms with van der Waals surface area (Å²) in [4.78, 5) is 33.4. The number of hydrogen-bond donors (Lipinski definition) is 1. The van der Waals surface area contributed by atoms with Crippen LogP contribution in [-0.4, -0.2) is 59.1 Å². The number of nitrogens with zero attached hydrogens (tertiary/aromatic N) is 3. The summed E-state index contributed by atoms with van der Waals surface area (Å²) in [5, 5.41) is 32.7. The van der Waals surface area contributed by atoms with Crippen LogP contribution in [0.5, 0.6) is 5.75 Å². The van der Waals surface area contributed by atoms with Crippen molar-refractivity contribution >= 4 is 27.4 Å². The fraction of sp³-hybridized carbons (Fsp3) is 0.350. The van der Waals surface area contributed by atoms with Gasteiger partial charge in [0.2, 0.25) is 0 Å². The normalized spacial score (nSPS) is 20.0. The van der Waals surface area contributed by atoms with Crippen LogP contribution in [0.4, 0.5) is 11.4 Å². The highest BCUT2D eigenvalue weighted by Gasteiger charge is 2.46. The Morgan fingerprint density at radius 1 is 1.20 bits per heavy atom. The maximum Gasteiger partial charge on any atom is 0.324 e. The number of fused-ring (bicyclic) bond motifs is 1. The summed E-state index contributed by atoms with van der Waals surface area (Å²) >= 11 is 0. The summed E-state index contributed by atoms with van der Waals surface area (Å²) in [5.74, 6) is -0.776. The van der Waals surface area contributed by atoms with Crippen LogP contribution in [0.15, 0.2) is 41.3 Å². The van der Waals surface area contributed by atoms with Crippen molar-refractivity contribution in [2.24, 2.45) is 0 Å². The van der Waals surface area contributed by atoms with E-state index < -0.39 is 61.7 Å². The van der Waals surface area contributed by atoms with Gasteiger partial charge in [0.05, 0.1) is 22.6 Å². The Bertz CT molecular complexity index is 1300. The van der Waals surface area contributed by atoms with Crippen molar-refractivity contribution in [1.82, 2.24) is 4.31 Å². The Balaban J connectivity index is 1.59. The minimum atomic E-state index is -4.56. The van der Waals surface area contributed by atoms with Gasteiger partial charge in [-0.1, -0.05) is 12.1 Å². The Morgan fingerprint density at radius 2 is 1.94 bits per heavy atom. The fourth-order valence-corrected chi connectivity index (χ4v) is 5.74. The molecule has 0 saturated carbocycles. The molecule has 0 spiro atoms. The van der Waals surface area contributed by atoms with Gasteiger partial charge in [-0.25, -0.2) is 8.42 Å².